The van der Waals surface area contributed by atoms with Crippen LogP contribution < -0.4 is 14.8 Å². The van der Waals surface area contributed by atoms with Crippen molar-refractivity contribution in [1.82, 2.24) is 4.98 Å². The van der Waals surface area contributed by atoms with Gasteiger partial charge in [-0.15, -0.1) is 11.3 Å². The van der Waals surface area contributed by atoms with Crippen LogP contribution in [0.15, 0.2) is 48.5 Å². The lowest BCUT2D eigenvalue weighted by molar-refractivity contribution is -0.115. The van der Waals surface area contributed by atoms with Gasteiger partial charge in [-0.1, -0.05) is 36.4 Å². The molecule has 3 aromatic rings. The lowest BCUT2D eigenvalue weighted by atomic mass is 10.1. The Hall–Kier alpha value is -2.86. The number of carbonyl (C=O) groups excluding carboxylic acids is 1. The van der Waals surface area contributed by atoms with E-state index in [1.165, 1.54) is 11.3 Å². The van der Waals surface area contributed by atoms with Gasteiger partial charge < -0.3 is 14.8 Å². The number of anilines is 1. The molecular weight excluding hydrogens is 348 g/mol. The molecule has 0 radical (unpaired) electrons. The molecule has 0 unspecified atom stereocenters. The number of ether oxygens (including phenoxy) is 2. The zero-order valence-electron chi connectivity index (χ0n) is 14.3. The largest absolute Gasteiger partial charge is 0.454 e. The van der Waals surface area contributed by atoms with Crippen molar-refractivity contribution in [2.24, 2.45) is 0 Å². The van der Waals surface area contributed by atoms with E-state index in [4.69, 9.17) is 9.47 Å². The Labute approximate surface area is 155 Å². The number of nitrogens with zero attached hydrogens (tertiary/aromatic N) is 1. The SMILES string of the molecule is Cc1nc(NC(=O)Cc2ccccc2)sc1Cc1ccc2c(c1)OCO2. The average molecular weight is 366 g/mol. The smallest absolute Gasteiger partial charge is 0.231 e. The molecule has 4 rings (SSSR count). The van der Waals surface area contributed by atoms with Crippen molar-refractivity contribution in [3.05, 3.63) is 70.2 Å². The molecule has 2 aromatic carbocycles. The average Bonchev–Trinajstić information content (AvgIpc) is 3.22. The fourth-order valence-electron chi connectivity index (χ4n) is 2.83. The van der Waals surface area contributed by atoms with E-state index >= 15 is 0 Å². The van der Waals surface area contributed by atoms with Gasteiger partial charge in [-0.25, -0.2) is 4.98 Å². The van der Waals surface area contributed by atoms with Gasteiger partial charge >= 0.3 is 0 Å². The summed E-state index contributed by atoms with van der Waals surface area (Å²) in [5, 5.41) is 3.54. The van der Waals surface area contributed by atoms with Crippen molar-refractivity contribution in [2.75, 3.05) is 12.1 Å². The molecule has 0 aliphatic carbocycles. The summed E-state index contributed by atoms with van der Waals surface area (Å²) in [6.07, 6.45) is 1.09. The maximum Gasteiger partial charge on any atom is 0.231 e. The highest BCUT2D eigenvalue weighted by molar-refractivity contribution is 7.15. The van der Waals surface area contributed by atoms with Crippen molar-refractivity contribution in [3.8, 4) is 11.5 Å². The van der Waals surface area contributed by atoms with Crippen LogP contribution in [0.5, 0.6) is 11.5 Å². The first-order valence-corrected chi connectivity index (χ1v) is 9.17. The zero-order chi connectivity index (χ0) is 17.9. The van der Waals surface area contributed by atoms with E-state index < -0.39 is 0 Å². The van der Waals surface area contributed by atoms with E-state index in [1.807, 2.05) is 55.5 Å². The molecule has 0 atom stereocenters. The molecule has 0 bridgehead atoms. The second-order valence-electron chi connectivity index (χ2n) is 6.10. The number of hydrogen-bond acceptors (Lipinski definition) is 5. The highest BCUT2D eigenvalue weighted by atomic mass is 32.1. The van der Waals surface area contributed by atoms with Crippen LogP contribution in [0.25, 0.3) is 0 Å². The van der Waals surface area contributed by atoms with E-state index in [9.17, 15) is 4.79 Å². The van der Waals surface area contributed by atoms with Crippen molar-refractivity contribution >= 4 is 22.4 Å². The number of aromatic nitrogens is 1. The summed E-state index contributed by atoms with van der Waals surface area (Å²) in [6, 6.07) is 15.6. The summed E-state index contributed by atoms with van der Waals surface area (Å²) in [4.78, 5) is 17.8. The zero-order valence-corrected chi connectivity index (χ0v) is 15.1. The molecule has 0 spiro atoms. The summed E-state index contributed by atoms with van der Waals surface area (Å²) in [7, 11) is 0. The topological polar surface area (TPSA) is 60.5 Å². The van der Waals surface area contributed by atoms with Crippen molar-refractivity contribution < 1.29 is 14.3 Å². The monoisotopic (exact) mass is 366 g/mol. The number of nitrogens with one attached hydrogen (secondary N) is 1. The quantitative estimate of drug-likeness (QED) is 0.743. The second-order valence-corrected chi connectivity index (χ2v) is 7.19. The molecule has 1 aliphatic heterocycles. The maximum absolute atomic E-state index is 12.2. The Morgan fingerprint density at radius 1 is 1.12 bits per heavy atom. The first-order valence-electron chi connectivity index (χ1n) is 8.36. The Morgan fingerprint density at radius 3 is 2.77 bits per heavy atom. The number of benzene rings is 2. The van der Waals surface area contributed by atoms with Crippen molar-refractivity contribution in [1.29, 1.82) is 0 Å². The molecule has 132 valence electrons. The van der Waals surface area contributed by atoms with Gasteiger partial charge in [0.25, 0.3) is 0 Å². The third-order valence-corrected chi connectivity index (χ3v) is 5.22. The molecule has 26 heavy (non-hydrogen) atoms. The maximum atomic E-state index is 12.2. The van der Waals surface area contributed by atoms with Crippen LogP contribution in [0, 0.1) is 6.92 Å². The molecular formula is C20H18N2O3S. The predicted molar refractivity (Wildman–Crippen MR) is 101 cm³/mol. The molecule has 1 N–H and O–H groups in total. The Morgan fingerprint density at radius 2 is 1.92 bits per heavy atom. The van der Waals surface area contributed by atoms with Crippen LogP contribution in [-0.2, 0) is 17.6 Å². The third kappa shape index (κ3) is 3.70. The molecule has 1 aromatic heterocycles. The molecule has 0 saturated carbocycles. The van der Waals surface area contributed by atoms with Crippen LogP contribution in [0.4, 0.5) is 5.13 Å². The first kappa shape index (κ1) is 16.6. The summed E-state index contributed by atoms with van der Waals surface area (Å²) >= 11 is 1.51. The van der Waals surface area contributed by atoms with Gasteiger partial charge in [0, 0.05) is 11.3 Å². The van der Waals surface area contributed by atoms with Gasteiger partial charge in [0.15, 0.2) is 16.6 Å². The van der Waals surface area contributed by atoms with Gasteiger partial charge in [0.1, 0.15) is 0 Å². The van der Waals surface area contributed by atoms with Crippen LogP contribution in [0.3, 0.4) is 0 Å². The molecule has 1 aliphatic rings. The van der Waals surface area contributed by atoms with E-state index in [0.717, 1.165) is 39.6 Å². The Kier molecular flexibility index (Phi) is 4.58. The standard InChI is InChI=1S/C20H18N2O3S/c1-13-18(10-15-7-8-16-17(9-15)25-12-24-16)26-20(21-13)22-19(23)11-14-5-3-2-4-6-14/h2-9H,10-12H2,1H3,(H,21,22,23). The number of amides is 1. The minimum atomic E-state index is -0.0559. The first-order chi connectivity index (χ1) is 12.7. The van der Waals surface area contributed by atoms with E-state index in [1.54, 1.807) is 0 Å². The molecule has 6 heteroatoms. The Bertz CT molecular complexity index is 937. The summed E-state index contributed by atoms with van der Waals surface area (Å²) in [5.41, 5.74) is 3.05. The summed E-state index contributed by atoms with van der Waals surface area (Å²) in [6.45, 7) is 2.24. The number of hydrogen-bond donors (Lipinski definition) is 1. The number of rotatable bonds is 5. The number of carbonyl (C=O) groups is 1. The van der Waals surface area contributed by atoms with Gasteiger partial charge in [-0.05, 0) is 30.2 Å². The van der Waals surface area contributed by atoms with Gasteiger partial charge in [-0.3, -0.25) is 4.79 Å². The van der Waals surface area contributed by atoms with Gasteiger partial charge in [0.05, 0.1) is 12.1 Å². The van der Waals surface area contributed by atoms with Crippen LogP contribution in [0.2, 0.25) is 0 Å². The number of thiazole rings is 1. The lowest BCUT2D eigenvalue weighted by Crippen LogP contribution is -2.14. The highest BCUT2D eigenvalue weighted by Gasteiger charge is 2.15. The predicted octanol–water partition coefficient (Wildman–Crippen LogP) is 3.95. The second kappa shape index (κ2) is 7.17. The minimum absolute atomic E-state index is 0.0559. The fourth-order valence-corrected chi connectivity index (χ4v) is 3.84. The normalized spacial score (nSPS) is 12.2. The molecule has 5 nitrogen and oxygen atoms in total. The minimum Gasteiger partial charge on any atom is -0.454 e. The summed E-state index contributed by atoms with van der Waals surface area (Å²) in [5.74, 6) is 1.50. The summed E-state index contributed by atoms with van der Waals surface area (Å²) < 4.78 is 10.8. The number of fused-ring (bicyclic) bond motifs is 1. The molecule has 1 amide bonds. The Balaban J connectivity index is 1.43. The van der Waals surface area contributed by atoms with E-state index in [-0.39, 0.29) is 12.7 Å². The lowest BCUT2D eigenvalue weighted by Gasteiger charge is -2.02. The third-order valence-electron chi connectivity index (χ3n) is 4.15. The fraction of sp³-hybridized carbons (Fsp3) is 0.200. The highest BCUT2D eigenvalue weighted by Crippen LogP contribution is 2.34. The van der Waals surface area contributed by atoms with Crippen LogP contribution >= 0.6 is 11.3 Å². The van der Waals surface area contributed by atoms with Crippen LogP contribution in [0.1, 0.15) is 21.7 Å². The molecule has 2 heterocycles. The number of aryl methyl sites for hydroxylation is 1. The molecule has 0 fully saturated rings. The van der Waals surface area contributed by atoms with Crippen molar-refractivity contribution in [2.45, 2.75) is 19.8 Å². The van der Waals surface area contributed by atoms with E-state index in [0.29, 0.717) is 11.6 Å². The van der Waals surface area contributed by atoms with Crippen LogP contribution in [-0.4, -0.2) is 17.7 Å². The van der Waals surface area contributed by atoms with Gasteiger partial charge in [-0.2, -0.15) is 0 Å². The molecule has 0 saturated heterocycles. The van der Waals surface area contributed by atoms with Crippen molar-refractivity contribution in [3.63, 3.8) is 0 Å². The van der Waals surface area contributed by atoms with Gasteiger partial charge in [0.2, 0.25) is 12.7 Å². The van der Waals surface area contributed by atoms with E-state index in [2.05, 4.69) is 10.3 Å².